The lowest BCUT2D eigenvalue weighted by Crippen LogP contribution is -2.06. The number of aromatic nitrogens is 4. The lowest BCUT2D eigenvalue weighted by molar-refractivity contribution is 0.954. The van der Waals surface area contributed by atoms with Gasteiger partial charge in [0.15, 0.2) is 11.6 Å². The third kappa shape index (κ3) is 4.42. The van der Waals surface area contributed by atoms with Crippen LogP contribution in [0.2, 0.25) is 5.02 Å². The summed E-state index contributed by atoms with van der Waals surface area (Å²) in [7, 11) is 0. The van der Waals surface area contributed by atoms with Crippen LogP contribution >= 0.6 is 11.6 Å². The van der Waals surface area contributed by atoms with E-state index in [-0.39, 0.29) is 0 Å². The van der Waals surface area contributed by atoms with E-state index in [2.05, 4.69) is 138 Å². The van der Waals surface area contributed by atoms with Crippen LogP contribution in [-0.2, 0) is 0 Å². The van der Waals surface area contributed by atoms with Gasteiger partial charge in [0, 0.05) is 21.9 Å². The Balaban J connectivity index is 1.34. The Hall–Kier alpha value is -5.84. The Morgan fingerprint density at radius 3 is 1.80 bits per heavy atom. The summed E-state index contributed by atoms with van der Waals surface area (Å²) >= 11 is 6.91. The van der Waals surface area contributed by atoms with Crippen molar-refractivity contribution in [2.45, 2.75) is 0 Å². The number of nitrogens with zero attached hydrogens (tertiary/aromatic N) is 4. The van der Waals surface area contributed by atoms with E-state index in [0.29, 0.717) is 22.6 Å². The Kier molecular flexibility index (Phi) is 6.15. The smallest absolute Gasteiger partial charge is 0.238 e. The molecule has 5 heteroatoms. The molecule has 0 aliphatic carbocycles. The molecule has 7 aromatic carbocycles. The van der Waals surface area contributed by atoms with Gasteiger partial charge in [-0.05, 0) is 69.1 Å². The molecule has 46 heavy (non-hydrogen) atoms. The second kappa shape index (κ2) is 10.7. The molecule has 0 aliphatic heterocycles. The zero-order valence-electron chi connectivity index (χ0n) is 24.6. The SMILES string of the molecule is Clc1cccc2c1c1cc3ccccc3cc1n2-c1nc(-c2cccc(-c3ccccc3)c2)nc(-c2ccc3ccccc3c2)n1. The van der Waals surface area contributed by atoms with Gasteiger partial charge in [0.1, 0.15) is 0 Å². The summed E-state index contributed by atoms with van der Waals surface area (Å²) in [5.41, 5.74) is 6.00. The predicted octanol–water partition coefficient (Wildman–Crippen LogP) is 10.9. The standard InChI is InChI=1S/C41H25ClN4/c42-35-18-9-19-36-38(35)34-24-30-14-6-7-15-31(30)25-37(34)46(36)41-44-39(32-17-8-16-29(22-32)26-10-2-1-3-11-26)43-40(45-41)33-21-20-27-12-4-5-13-28(27)23-33/h1-25H. The van der Waals surface area contributed by atoms with Crippen molar-refractivity contribution in [2.75, 3.05) is 0 Å². The molecule has 0 atom stereocenters. The number of fused-ring (bicyclic) bond motifs is 5. The van der Waals surface area contributed by atoms with Crippen molar-refractivity contribution in [3.63, 3.8) is 0 Å². The highest BCUT2D eigenvalue weighted by Crippen LogP contribution is 2.38. The summed E-state index contributed by atoms with van der Waals surface area (Å²) < 4.78 is 2.12. The lowest BCUT2D eigenvalue weighted by Gasteiger charge is -2.12. The first-order chi connectivity index (χ1) is 22.7. The molecule has 9 rings (SSSR count). The largest absolute Gasteiger partial charge is 0.278 e. The molecule has 0 amide bonds. The molecule has 9 aromatic rings. The van der Waals surface area contributed by atoms with Crippen LogP contribution in [0.25, 0.3) is 83.2 Å². The first-order valence-electron chi connectivity index (χ1n) is 15.2. The molecule has 4 nitrogen and oxygen atoms in total. The molecule has 2 heterocycles. The van der Waals surface area contributed by atoms with Gasteiger partial charge >= 0.3 is 0 Å². The van der Waals surface area contributed by atoms with E-state index in [1.165, 1.54) is 5.39 Å². The molecular weight excluding hydrogens is 584 g/mol. The van der Waals surface area contributed by atoms with Gasteiger partial charge in [-0.15, -0.1) is 0 Å². The van der Waals surface area contributed by atoms with Crippen molar-refractivity contribution < 1.29 is 0 Å². The second-order valence-electron chi connectivity index (χ2n) is 11.5. The highest BCUT2D eigenvalue weighted by atomic mass is 35.5. The third-order valence-corrected chi connectivity index (χ3v) is 8.98. The summed E-state index contributed by atoms with van der Waals surface area (Å²) in [6.07, 6.45) is 0. The highest BCUT2D eigenvalue weighted by molar-refractivity contribution is 6.38. The van der Waals surface area contributed by atoms with Crippen LogP contribution in [0.4, 0.5) is 0 Å². The quantitative estimate of drug-likeness (QED) is 0.200. The van der Waals surface area contributed by atoms with Crippen LogP contribution in [-0.4, -0.2) is 19.5 Å². The fourth-order valence-corrected chi connectivity index (χ4v) is 6.72. The third-order valence-electron chi connectivity index (χ3n) is 8.67. The number of hydrogen-bond donors (Lipinski definition) is 0. The van der Waals surface area contributed by atoms with Gasteiger partial charge in [-0.25, -0.2) is 4.98 Å². The monoisotopic (exact) mass is 608 g/mol. The van der Waals surface area contributed by atoms with Crippen LogP contribution in [0.5, 0.6) is 0 Å². The molecule has 0 saturated carbocycles. The van der Waals surface area contributed by atoms with Gasteiger partial charge in [0.05, 0.1) is 16.1 Å². The zero-order valence-corrected chi connectivity index (χ0v) is 25.4. The molecular formula is C41H25ClN4. The maximum atomic E-state index is 6.91. The number of benzene rings is 7. The van der Waals surface area contributed by atoms with Crippen LogP contribution in [0.3, 0.4) is 0 Å². The Morgan fingerprint density at radius 2 is 1.02 bits per heavy atom. The fourth-order valence-electron chi connectivity index (χ4n) is 6.44. The summed E-state index contributed by atoms with van der Waals surface area (Å²) in [4.78, 5) is 15.4. The van der Waals surface area contributed by atoms with E-state index in [1.54, 1.807) is 0 Å². The maximum Gasteiger partial charge on any atom is 0.238 e. The normalized spacial score (nSPS) is 11.6. The molecule has 2 aromatic heterocycles. The number of hydrogen-bond acceptors (Lipinski definition) is 3. The lowest BCUT2D eigenvalue weighted by atomic mass is 10.0. The summed E-state index contributed by atoms with van der Waals surface area (Å²) in [6, 6.07) is 52.3. The number of rotatable bonds is 4. The van der Waals surface area contributed by atoms with E-state index in [4.69, 9.17) is 26.6 Å². The first-order valence-corrected chi connectivity index (χ1v) is 15.6. The average Bonchev–Trinajstić information content (AvgIpc) is 3.44. The minimum absolute atomic E-state index is 0.538. The van der Waals surface area contributed by atoms with Gasteiger partial charge in [0.25, 0.3) is 0 Å². The molecule has 0 radical (unpaired) electrons. The molecule has 0 bridgehead atoms. The topological polar surface area (TPSA) is 43.6 Å². The Morgan fingerprint density at radius 1 is 0.413 bits per heavy atom. The second-order valence-corrected chi connectivity index (χ2v) is 11.9. The van der Waals surface area contributed by atoms with Gasteiger partial charge in [0.2, 0.25) is 5.95 Å². The predicted molar refractivity (Wildman–Crippen MR) is 190 cm³/mol. The first kappa shape index (κ1) is 26.6. The van der Waals surface area contributed by atoms with Crippen molar-refractivity contribution in [2.24, 2.45) is 0 Å². The summed E-state index contributed by atoms with van der Waals surface area (Å²) in [5, 5.41) is 7.31. The fraction of sp³-hybridized carbons (Fsp3) is 0. The van der Waals surface area contributed by atoms with Gasteiger partial charge < -0.3 is 0 Å². The van der Waals surface area contributed by atoms with E-state index in [9.17, 15) is 0 Å². The Labute approximate surface area is 270 Å². The maximum absolute atomic E-state index is 6.91. The van der Waals surface area contributed by atoms with E-state index >= 15 is 0 Å². The molecule has 0 fully saturated rings. The number of halogens is 1. The summed E-state index contributed by atoms with van der Waals surface area (Å²) in [6.45, 7) is 0. The van der Waals surface area contributed by atoms with Crippen molar-refractivity contribution >= 4 is 55.0 Å². The van der Waals surface area contributed by atoms with E-state index < -0.39 is 0 Å². The van der Waals surface area contributed by atoms with E-state index in [1.807, 2.05) is 18.2 Å². The minimum atomic E-state index is 0.538. The van der Waals surface area contributed by atoms with Gasteiger partial charge in [-0.1, -0.05) is 127 Å². The molecule has 0 spiro atoms. The highest BCUT2D eigenvalue weighted by Gasteiger charge is 2.20. The Bertz CT molecular complexity index is 2610. The van der Waals surface area contributed by atoms with Crippen molar-refractivity contribution in [3.8, 4) is 39.9 Å². The molecule has 0 N–H and O–H groups in total. The zero-order chi connectivity index (χ0) is 30.6. The van der Waals surface area contributed by atoms with Gasteiger partial charge in [-0.2, -0.15) is 9.97 Å². The van der Waals surface area contributed by atoms with Crippen LogP contribution < -0.4 is 0 Å². The van der Waals surface area contributed by atoms with E-state index in [0.717, 1.165) is 60.2 Å². The van der Waals surface area contributed by atoms with Crippen LogP contribution in [0.15, 0.2) is 152 Å². The summed E-state index contributed by atoms with van der Waals surface area (Å²) in [5.74, 6) is 1.74. The molecule has 0 saturated heterocycles. The molecule has 0 aliphatic rings. The average molecular weight is 609 g/mol. The van der Waals surface area contributed by atoms with Crippen molar-refractivity contribution in [3.05, 3.63) is 157 Å². The minimum Gasteiger partial charge on any atom is -0.278 e. The van der Waals surface area contributed by atoms with Crippen LogP contribution in [0, 0.1) is 0 Å². The molecule has 216 valence electrons. The van der Waals surface area contributed by atoms with Crippen molar-refractivity contribution in [1.29, 1.82) is 0 Å². The van der Waals surface area contributed by atoms with Gasteiger partial charge in [-0.3, -0.25) is 4.57 Å². The molecule has 0 unspecified atom stereocenters. The van der Waals surface area contributed by atoms with Crippen LogP contribution in [0.1, 0.15) is 0 Å². The van der Waals surface area contributed by atoms with Crippen molar-refractivity contribution in [1.82, 2.24) is 19.5 Å².